The highest BCUT2D eigenvalue weighted by Gasteiger charge is 2.14. The summed E-state index contributed by atoms with van der Waals surface area (Å²) in [5.41, 5.74) is 0. The highest BCUT2D eigenvalue weighted by Crippen LogP contribution is 2.16. The summed E-state index contributed by atoms with van der Waals surface area (Å²) in [6.07, 6.45) is 46.2. The van der Waals surface area contributed by atoms with Gasteiger partial charge in [0, 0.05) is 0 Å². The number of unbranched alkanes of at least 4 members (excludes halogenated alkanes) is 30. The van der Waals surface area contributed by atoms with Crippen LogP contribution < -0.4 is 0 Å². The van der Waals surface area contributed by atoms with Crippen molar-refractivity contribution in [1.82, 2.24) is 0 Å². The molecule has 0 aromatic heterocycles. The van der Waals surface area contributed by atoms with Gasteiger partial charge in [0.1, 0.15) is 13.1 Å². The highest BCUT2D eigenvalue weighted by molar-refractivity contribution is 4.99. The lowest BCUT2D eigenvalue weighted by molar-refractivity contribution is -0.885. The second kappa shape index (κ2) is 34.3. The summed E-state index contributed by atoms with van der Waals surface area (Å²) in [7, 11) is 9.49. The van der Waals surface area contributed by atoms with E-state index in [4.69, 9.17) is 0 Å². The molecule has 0 aromatic rings. The van der Waals surface area contributed by atoms with Crippen molar-refractivity contribution in [2.75, 3.05) is 54.4 Å². The zero-order chi connectivity index (χ0) is 33.9. The van der Waals surface area contributed by atoms with Gasteiger partial charge in [0.2, 0.25) is 0 Å². The van der Waals surface area contributed by atoms with Gasteiger partial charge in [-0.25, -0.2) is 0 Å². The van der Waals surface area contributed by atoms with Gasteiger partial charge in [-0.05, 0) is 37.5 Å². The molecule has 274 valence electrons. The third kappa shape index (κ3) is 36.3. The quantitative estimate of drug-likeness (QED) is 0.0361. The van der Waals surface area contributed by atoms with E-state index < -0.39 is 0 Å². The van der Waals surface area contributed by atoms with Crippen molar-refractivity contribution >= 4 is 0 Å². The van der Waals surface area contributed by atoms with Gasteiger partial charge in [0.05, 0.1) is 41.3 Å². The van der Waals surface area contributed by atoms with Gasteiger partial charge < -0.3 is 8.97 Å². The molecule has 0 rings (SSSR count). The Bertz CT molecular complexity index is 601. The topological polar surface area (TPSA) is 0 Å². The lowest BCUT2D eigenvalue weighted by Gasteiger charge is -2.28. The number of rotatable bonds is 36. The minimum Gasteiger partial charge on any atom is -0.318 e. The van der Waals surface area contributed by atoms with Crippen LogP contribution in [0.25, 0.3) is 0 Å². The van der Waals surface area contributed by atoms with Crippen LogP contribution >= 0.6 is 0 Å². The average molecular weight is 647 g/mol. The zero-order valence-corrected chi connectivity index (χ0v) is 33.4. The zero-order valence-electron chi connectivity index (χ0n) is 33.4. The van der Waals surface area contributed by atoms with Crippen molar-refractivity contribution in [3.63, 3.8) is 0 Å². The molecule has 0 aromatic carbocycles. The maximum absolute atomic E-state index is 3.55. The predicted molar refractivity (Wildman–Crippen MR) is 211 cm³/mol. The molecule has 0 heterocycles. The molecular weight excluding hydrogens is 556 g/mol. The van der Waals surface area contributed by atoms with Gasteiger partial charge >= 0.3 is 0 Å². The number of nitrogens with zero attached hydrogens (tertiary/aromatic N) is 2. The second-order valence-corrected chi connectivity index (χ2v) is 16.6. The molecule has 0 bridgehead atoms. The van der Waals surface area contributed by atoms with Crippen molar-refractivity contribution in [1.29, 1.82) is 0 Å². The molecule has 0 radical (unpaired) electrons. The fourth-order valence-corrected chi connectivity index (χ4v) is 6.87. The smallest absolute Gasteiger partial charge is 0.140 e. The van der Waals surface area contributed by atoms with Gasteiger partial charge in [-0.2, -0.15) is 0 Å². The van der Waals surface area contributed by atoms with E-state index in [2.05, 4.69) is 53.9 Å². The van der Waals surface area contributed by atoms with Crippen molar-refractivity contribution in [3.8, 4) is 11.8 Å². The van der Waals surface area contributed by atoms with Crippen molar-refractivity contribution in [3.05, 3.63) is 0 Å². The van der Waals surface area contributed by atoms with Crippen LogP contribution in [0.1, 0.15) is 219 Å². The van der Waals surface area contributed by atoms with E-state index in [1.54, 1.807) is 0 Å². The van der Waals surface area contributed by atoms with Gasteiger partial charge in [0.25, 0.3) is 0 Å². The van der Waals surface area contributed by atoms with Crippen molar-refractivity contribution in [2.45, 2.75) is 219 Å². The van der Waals surface area contributed by atoms with Gasteiger partial charge in [0.15, 0.2) is 0 Å². The maximum atomic E-state index is 3.55. The molecule has 0 aliphatic rings. The number of quaternary nitrogens is 2. The predicted octanol–water partition coefficient (Wildman–Crippen LogP) is 13.7. The first kappa shape index (κ1) is 45.5. The van der Waals surface area contributed by atoms with Gasteiger partial charge in [-0.15, -0.1) is 0 Å². The minimum absolute atomic E-state index is 0.998. The summed E-state index contributed by atoms with van der Waals surface area (Å²) in [6.45, 7) is 9.14. The lowest BCUT2D eigenvalue weighted by Crippen LogP contribution is -2.42. The van der Waals surface area contributed by atoms with E-state index >= 15 is 0 Å². The fraction of sp³-hybridized carbons (Fsp3) is 0.955. The van der Waals surface area contributed by atoms with Crippen LogP contribution in [-0.2, 0) is 0 Å². The molecule has 0 atom stereocenters. The third-order valence-corrected chi connectivity index (χ3v) is 10.4. The Morgan fingerprint density at radius 3 is 0.630 bits per heavy atom. The molecule has 0 saturated carbocycles. The van der Waals surface area contributed by atoms with E-state index in [9.17, 15) is 0 Å². The Hall–Kier alpha value is -0.520. The highest BCUT2D eigenvalue weighted by atomic mass is 15.3. The van der Waals surface area contributed by atoms with Crippen LogP contribution in [0.15, 0.2) is 0 Å². The summed E-state index contributed by atoms with van der Waals surface area (Å²) in [6, 6.07) is 0. The monoisotopic (exact) mass is 647 g/mol. The van der Waals surface area contributed by atoms with Crippen LogP contribution in [0.4, 0.5) is 0 Å². The molecule has 0 amide bonds. The van der Waals surface area contributed by atoms with Crippen molar-refractivity contribution < 1.29 is 8.97 Å². The Labute approximate surface area is 293 Å². The molecule has 2 nitrogen and oxygen atoms in total. The van der Waals surface area contributed by atoms with Gasteiger partial charge in [-0.3, -0.25) is 0 Å². The first-order valence-electron chi connectivity index (χ1n) is 21.4. The van der Waals surface area contributed by atoms with E-state index in [-0.39, 0.29) is 0 Å². The molecule has 0 aliphatic heterocycles. The molecule has 0 N–H and O–H groups in total. The minimum atomic E-state index is 0.998. The molecular formula is C44H90N2+2. The summed E-state index contributed by atoms with van der Waals surface area (Å²) in [5.74, 6) is 7.10. The standard InChI is InChI=1S/C44H90N2/c1-7-9-11-13-15-17-19-21-23-25-27-29-31-33-35-37-41-45(3,4)43-39-40-44-46(5,6)42-38-36-34-32-30-28-26-24-22-20-18-16-14-12-10-8-2/h7-38,41-44H2,1-6H3/q+2. The van der Waals surface area contributed by atoms with Crippen LogP contribution in [-0.4, -0.2) is 63.3 Å². The van der Waals surface area contributed by atoms with Crippen molar-refractivity contribution in [2.24, 2.45) is 0 Å². The first-order chi connectivity index (χ1) is 22.3. The van der Waals surface area contributed by atoms with Gasteiger partial charge in [-0.1, -0.05) is 194 Å². The molecule has 0 aliphatic carbocycles. The third-order valence-electron chi connectivity index (χ3n) is 10.4. The second-order valence-electron chi connectivity index (χ2n) is 16.6. The molecule has 46 heavy (non-hydrogen) atoms. The Morgan fingerprint density at radius 2 is 0.435 bits per heavy atom. The van der Waals surface area contributed by atoms with E-state index in [1.165, 1.54) is 219 Å². The number of hydrogen-bond donors (Lipinski definition) is 0. The van der Waals surface area contributed by atoms with Crippen LogP contribution in [0.5, 0.6) is 0 Å². The lowest BCUT2D eigenvalue weighted by atomic mass is 10.0. The number of hydrogen-bond acceptors (Lipinski definition) is 0. The maximum Gasteiger partial charge on any atom is 0.140 e. The molecule has 0 fully saturated rings. The Morgan fingerprint density at radius 1 is 0.261 bits per heavy atom. The average Bonchev–Trinajstić information content (AvgIpc) is 3.02. The van der Waals surface area contributed by atoms with Crippen LogP contribution in [0.3, 0.4) is 0 Å². The van der Waals surface area contributed by atoms with Crippen LogP contribution in [0.2, 0.25) is 0 Å². The Kier molecular flexibility index (Phi) is 34.0. The van der Waals surface area contributed by atoms with Crippen LogP contribution in [0, 0.1) is 11.8 Å². The first-order valence-corrected chi connectivity index (χ1v) is 21.4. The molecule has 0 spiro atoms. The molecule has 0 unspecified atom stereocenters. The molecule has 2 heteroatoms. The fourth-order valence-electron chi connectivity index (χ4n) is 6.87. The van der Waals surface area contributed by atoms with E-state index in [0.29, 0.717) is 0 Å². The SMILES string of the molecule is CCCCCCCCCCCCCCCCCC[N+](C)(C)CC#CC[N+](C)(C)CCCCCCCCCCCCCCCCCC. The molecule has 0 saturated heterocycles. The summed E-state index contributed by atoms with van der Waals surface area (Å²) in [4.78, 5) is 0. The largest absolute Gasteiger partial charge is 0.318 e. The van der Waals surface area contributed by atoms with E-state index in [0.717, 1.165) is 22.1 Å². The normalized spacial score (nSPS) is 12.0. The summed E-state index contributed by atoms with van der Waals surface area (Å²) >= 11 is 0. The van der Waals surface area contributed by atoms with E-state index in [1.807, 2.05) is 0 Å². The Balaban J connectivity index is 3.57. The summed E-state index contributed by atoms with van der Waals surface area (Å²) < 4.78 is 2.11. The summed E-state index contributed by atoms with van der Waals surface area (Å²) in [5, 5.41) is 0.